The lowest BCUT2D eigenvalue weighted by Crippen LogP contribution is -2.15. The van der Waals surface area contributed by atoms with Crippen molar-refractivity contribution in [1.82, 2.24) is 18.7 Å². The number of halogens is 1. The van der Waals surface area contributed by atoms with E-state index in [1.807, 2.05) is 41.1 Å². The van der Waals surface area contributed by atoms with Crippen LogP contribution < -0.4 is 5.56 Å². The summed E-state index contributed by atoms with van der Waals surface area (Å²) >= 11 is 5.95. The standard InChI is InChI=1S/C22H19ClN4O2/c1-25-13-16(23)12-20(25)21(28)10-5-17-14-26(15-24-17)18-6-8-19(9-7-18)27-11-3-2-4-22(27)29/h2-4,6-9,11-15H,5,10H2,1H3. The van der Waals surface area contributed by atoms with Crippen molar-refractivity contribution in [3.63, 3.8) is 0 Å². The van der Waals surface area contributed by atoms with E-state index in [9.17, 15) is 9.59 Å². The predicted octanol–water partition coefficient (Wildman–Crippen LogP) is 3.83. The smallest absolute Gasteiger partial charge is 0.255 e. The molecular formula is C22H19ClN4O2. The maximum Gasteiger partial charge on any atom is 0.255 e. The molecule has 0 amide bonds. The number of imidazole rings is 1. The van der Waals surface area contributed by atoms with E-state index < -0.39 is 0 Å². The van der Waals surface area contributed by atoms with Crippen LogP contribution in [0, 0.1) is 0 Å². The van der Waals surface area contributed by atoms with Crippen LogP contribution in [0.3, 0.4) is 0 Å². The molecule has 0 aliphatic heterocycles. The Balaban J connectivity index is 1.45. The van der Waals surface area contributed by atoms with Gasteiger partial charge in [0, 0.05) is 49.5 Å². The Hall–Kier alpha value is -3.38. The average Bonchev–Trinajstić information content (AvgIpc) is 3.33. The molecule has 0 radical (unpaired) electrons. The van der Waals surface area contributed by atoms with Crippen LogP contribution in [0.25, 0.3) is 11.4 Å². The first-order valence-corrected chi connectivity index (χ1v) is 9.55. The topological polar surface area (TPSA) is 61.8 Å². The van der Waals surface area contributed by atoms with Crippen LogP contribution in [0.5, 0.6) is 0 Å². The summed E-state index contributed by atoms with van der Waals surface area (Å²) in [7, 11) is 1.81. The third-order valence-electron chi connectivity index (χ3n) is 4.75. The number of hydrogen-bond donors (Lipinski definition) is 0. The molecule has 4 rings (SSSR count). The zero-order valence-electron chi connectivity index (χ0n) is 15.8. The Labute approximate surface area is 172 Å². The molecule has 146 valence electrons. The molecule has 1 aromatic carbocycles. The van der Waals surface area contributed by atoms with Gasteiger partial charge in [-0.05, 0) is 42.8 Å². The largest absolute Gasteiger partial charge is 0.347 e. The van der Waals surface area contributed by atoms with Crippen molar-refractivity contribution in [2.24, 2.45) is 7.05 Å². The molecule has 0 aliphatic rings. The molecule has 3 heterocycles. The van der Waals surface area contributed by atoms with Crippen molar-refractivity contribution in [1.29, 1.82) is 0 Å². The van der Waals surface area contributed by atoms with Gasteiger partial charge >= 0.3 is 0 Å². The zero-order valence-corrected chi connectivity index (χ0v) is 16.6. The number of Topliss-reactive ketones (excluding diaryl/α,β-unsaturated/α-hetero) is 1. The van der Waals surface area contributed by atoms with E-state index in [0.29, 0.717) is 23.6 Å². The minimum absolute atomic E-state index is 0.0339. The van der Waals surface area contributed by atoms with Crippen LogP contribution in [-0.4, -0.2) is 24.5 Å². The van der Waals surface area contributed by atoms with E-state index in [0.717, 1.165) is 17.1 Å². The van der Waals surface area contributed by atoms with Gasteiger partial charge in [-0.1, -0.05) is 17.7 Å². The van der Waals surface area contributed by atoms with Crippen molar-refractivity contribution < 1.29 is 4.79 Å². The lowest BCUT2D eigenvalue weighted by Gasteiger charge is -2.07. The summed E-state index contributed by atoms with van der Waals surface area (Å²) in [6, 6.07) is 14.4. The number of benzene rings is 1. The fraction of sp³-hybridized carbons (Fsp3) is 0.136. The van der Waals surface area contributed by atoms with Crippen LogP contribution >= 0.6 is 11.6 Å². The quantitative estimate of drug-likeness (QED) is 0.457. The minimum atomic E-state index is -0.0747. The second-order valence-electron chi connectivity index (χ2n) is 6.78. The molecule has 0 aliphatic carbocycles. The summed E-state index contributed by atoms with van der Waals surface area (Å²) in [5.74, 6) is 0.0339. The molecule has 3 aromatic heterocycles. The maximum atomic E-state index is 12.4. The van der Waals surface area contributed by atoms with E-state index in [1.165, 1.54) is 6.07 Å². The molecule has 0 atom stereocenters. The molecular weight excluding hydrogens is 388 g/mol. The van der Waals surface area contributed by atoms with Crippen molar-refractivity contribution in [3.8, 4) is 11.4 Å². The van der Waals surface area contributed by atoms with E-state index in [2.05, 4.69) is 4.98 Å². The molecule has 4 aromatic rings. The zero-order chi connectivity index (χ0) is 20.4. The molecule has 0 fully saturated rings. The van der Waals surface area contributed by atoms with Gasteiger partial charge in [-0.15, -0.1) is 0 Å². The van der Waals surface area contributed by atoms with E-state index in [-0.39, 0.29) is 11.3 Å². The van der Waals surface area contributed by atoms with Gasteiger partial charge in [0.05, 0.1) is 22.7 Å². The van der Waals surface area contributed by atoms with Crippen LogP contribution in [0.1, 0.15) is 22.6 Å². The lowest BCUT2D eigenvalue weighted by molar-refractivity contribution is 0.0974. The van der Waals surface area contributed by atoms with E-state index >= 15 is 0 Å². The SMILES string of the molecule is Cn1cc(Cl)cc1C(=O)CCc1cn(-c2ccc(-n3ccccc3=O)cc2)cn1. The number of aromatic nitrogens is 4. The Kier molecular flexibility index (Phi) is 5.18. The lowest BCUT2D eigenvalue weighted by atomic mass is 10.1. The highest BCUT2D eigenvalue weighted by Gasteiger charge is 2.12. The predicted molar refractivity (Wildman–Crippen MR) is 112 cm³/mol. The van der Waals surface area contributed by atoms with Crippen molar-refractivity contribution in [2.75, 3.05) is 0 Å². The highest BCUT2D eigenvalue weighted by molar-refractivity contribution is 6.31. The number of nitrogens with zero attached hydrogens (tertiary/aromatic N) is 4. The molecule has 0 N–H and O–H groups in total. The highest BCUT2D eigenvalue weighted by Crippen LogP contribution is 2.16. The summed E-state index contributed by atoms with van der Waals surface area (Å²) < 4.78 is 5.23. The minimum Gasteiger partial charge on any atom is -0.347 e. The van der Waals surface area contributed by atoms with Gasteiger partial charge in [-0.2, -0.15) is 0 Å². The van der Waals surface area contributed by atoms with Crippen molar-refractivity contribution in [3.05, 3.63) is 100 Å². The molecule has 0 saturated heterocycles. The van der Waals surface area contributed by atoms with E-state index in [4.69, 9.17) is 11.6 Å². The van der Waals surface area contributed by atoms with Crippen molar-refractivity contribution >= 4 is 17.4 Å². The molecule has 29 heavy (non-hydrogen) atoms. The molecule has 0 unspecified atom stereocenters. The Bertz CT molecular complexity index is 1220. The van der Waals surface area contributed by atoms with Gasteiger partial charge in [0.2, 0.25) is 0 Å². The number of hydrogen-bond acceptors (Lipinski definition) is 3. The average molecular weight is 407 g/mol. The Morgan fingerprint density at radius 3 is 2.52 bits per heavy atom. The number of carbonyl (C=O) groups is 1. The maximum absolute atomic E-state index is 12.4. The van der Waals surface area contributed by atoms with Gasteiger partial charge in [0.25, 0.3) is 5.56 Å². The highest BCUT2D eigenvalue weighted by atomic mass is 35.5. The number of carbonyl (C=O) groups excluding carboxylic acids is 1. The molecule has 7 heteroatoms. The normalized spacial score (nSPS) is 11.0. The molecule has 0 saturated carbocycles. The van der Waals surface area contributed by atoms with Crippen LogP contribution in [0.2, 0.25) is 5.02 Å². The summed E-state index contributed by atoms with van der Waals surface area (Å²) in [5, 5.41) is 0.557. The number of ketones is 1. The summed E-state index contributed by atoms with van der Waals surface area (Å²) in [6.45, 7) is 0. The first-order chi connectivity index (χ1) is 14.0. The first-order valence-electron chi connectivity index (χ1n) is 9.18. The monoisotopic (exact) mass is 406 g/mol. The van der Waals surface area contributed by atoms with Gasteiger partial charge < -0.3 is 9.13 Å². The third kappa shape index (κ3) is 4.07. The van der Waals surface area contributed by atoms with Gasteiger partial charge in [0.15, 0.2) is 5.78 Å². The number of rotatable bonds is 6. The van der Waals surface area contributed by atoms with Crippen LogP contribution in [-0.2, 0) is 13.5 Å². The Morgan fingerprint density at radius 2 is 1.83 bits per heavy atom. The van der Waals surface area contributed by atoms with Crippen LogP contribution in [0.15, 0.2) is 78.2 Å². The van der Waals surface area contributed by atoms with Gasteiger partial charge in [0.1, 0.15) is 0 Å². The summed E-state index contributed by atoms with van der Waals surface area (Å²) in [6.07, 6.45) is 8.01. The fourth-order valence-corrected chi connectivity index (χ4v) is 3.48. The third-order valence-corrected chi connectivity index (χ3v) is 4.96. The van der Waals surface area contributed by atoms with E-state index in [1.54, 1.807) is 47.0 Å². The van der Waals surface area contributed by atoms with Crippen LogP contribution in [0.4, 0.5) is 0 Å². The molecule has 0 spiro atoms. The van der Waals surface area contributed by atoms with Crippen molar-refractivity contribution in [2.45, 2.75) is 12.8 Å². The molecule has 0 bridgehead atoms. The summed E-state index contributed by atoms with van der Waals surface area (Å²) in [5.41, 5.74) is 3.08. The first kappa shape index (κ1) is 19.0. The fourth-order valence-electron chi connectivity index (χ4n) is 3.23. The number of pyridine rings is 1. The number of aryl methyl sites for hydroxylation is 2. The summed E-state index contributed by atoms with van der Waals surface area (Å²) in [4.78, 5) is 28.7. The Morgan fingerprint density at radius 1 is 1.07 bits per heavy atom. The second kappa shape index (κ2) is 7.93. The van der Waals surface area contributed by atoms with Gasteiger partial charge in [-0.3, -0.25) is 14.2 Å². The van der Waals surface area contributed by atoms with Gasteiger partial charge in [-0.25, -0.2) is 4.98 Å². The second-order valence-corrected chi connectivity index (χ2v) is 7.21. The molecule has 6 nitrogen and oxygen atoms in total.